The highest BCUT2D eigenvalue weighted by Gasteiger charge is 2.17. The third-order valence-corrected chi connectivity index (χ3v) is 6.55. The minimum absolute atomic E-state index is 0.252. The van der Waals surface area contributed by atoms with Crippen LogP contribution in [0.3, 0.4) is 0 Å². The minimum Gasteiger partial charge on any atom is -0.383 e. The van der Waals surface area contributed by atoms with Gasteiger partial charge < -0.3 is 20.3 Å². The lowest BCUT2D eigenvalue weighted by Gasteiger charge is -2.35. The van der Waals surface area contributed by atoms with Gasteiger partial charge in [0.25, 0.3) is 0 Å². The number of carbonyl (C=O) groups is 1. The number of amides is 1. The average Bonchev–Trinajstić information content (AvgIpc) is 2.96. The van der Waals surface area contributed by atoms with Crippen LogP contribution in [0.4, 0.5) is 23.1 Å². The Hall–Kier alpha value is -4.34. The summed E-state index contributed by atoms with van der Waals surface area (Å²) in [4.78, 5) is 30.5. The zero-order valence-electron chi connectivity index (χ0n) is 21.4. The van der Waals surface area contributed by atoms with Gasteiger partial charge in [-0.05, 0) is 35.9 Å². The zero-order valence-corrected chi connectivity index (χ0v) is 21.4. The van der Waals surface area contributed by atoms with E-state index in [1.54, 1.807) is 7.11 Å². The van der Waals surface area contributed by atoms with Crippen molar-refractivity contribution in [3.05, 3.63) is 79.6 Å². The molecule has 0 unspecified atom stereocenters. The van der Waals surface area contributed by atoms with Crippen LogP contribution < -0.4 is 15.5 Å². The van der Waals surface area contributed by atoms with Gasteiger partial charge in [-0.25, -0.2) is 15.0 Å². The first-order chi connectivity index (χ1) is 18.6. The van der Waals surface area contributed by atoms with Crippen LogP contribution in [0, 0.1) is 0 Å². The number of benzene rings is 2. The van der Waals surface area contributed by atoms with Crippen LogP contribution in [0.2, 0.25) is 0 Å². The molecule has 9 heteroatoms. The number of fused-ring (bicyclic) bond motifs is 1. The molecule has 4 aromatic rings. The van der Waals surface area contributed by atoms with Crippen molar-refractivity contribution in [2.24, 2.45) is 0 Å². The number of methoxy groups -OCH3 is 1. The Kier molecular flexibility index (Phi) is 7.86. The van der Waals surface area contributed by atoms with E-state index in [9.17, 15) is 4.79 Å². The topological polar surface area (TPSA) is 95.5 Å². The Morgan fingerprint density at radius 1 is 1.03 bits per heavy atom. The normalized spacial score (nSPS) is 13.9. The van der Waals surface area contributed by atoms with Crippen LogP contribution in [0.25, 0.3) is 22.0 Å². The van der Waals surface area contributed by atoms with Crippen LogP contribution in [0.5, 0.6) is 0 Å². The molecule has 0 aliphatic carbocycles. The first-order valence-electron chi connectivity index (χ1n) is 12.6. The number of ether oxygens (including phenoxy) is 1. The molecule has 0 saturated carbocycles. The van der Waals surface area contributed by atoms with Crippen molar-refractivity contribution in [2.45, 2.75) is 0 Å². The number of pyridine rings is 1. The predicted molar refractivity (Wildman–Crippen MR) is 152 cm³/mol. The second kappa shape index (κ2) is 11.8. The van der Waals surface area contributed by atoms with Gasteiger partial charge in [0.1, 0.15) is 5.82 Å². The van der Waals surface area contributed by atoms with E-state index < -0.39 is 0 Å². The van der Waals surface area contributed by atoms with Gasteiger partial charge in [0, 0.05) is 62.7 Å². The van der Waals surface area contributed by atoms with Crippen molar-refractivity contribution in [3.8, 4) is 11.1 Å². The van der Waals surface area contributed by atoms with E-state index >= 15 is 0 Å². The summed E-state index contributed by atoms with van der Waals surface area (Å²) in [6, 6.07) is 17.7. The fourth-order valence-corrected chi connectivity index (χ4v) is 4.50. The fourth-order valence-electron chi connectivity index (χ4n) is 4.50. The number of carbonyl (C=O) groups excluding carboxylic acids is 1. The van der Waals surface area contributed by atoms with E-state index in [4.69, 9.17) is 9.72 Å². The highest BCUT2D eigenvalue weighted by molar-refractivity contribution is 6.00. The third-order valence-electron chi connectivity index (χ3n) is 6.55. The molecule has 0 bridgehead atoms. The number of hydrogen-bond acceptors (Lipinski definition) is 8. The van der Waals surface area contributed by atoms with Crippen molar-refractivity contribution in [1.29, 1.82) is 0 Å². The number of nitrogens with zero attached hydrogens (tertiary/aromatic N) is 5. The summed E-state index contributed by atoms with van der Waals surface area (Å²) in [6.07, 6.45) is 4.88. The molecule has 2 N–H and O–H groups in total. The van der Waals surface area contributed by atoms with E-state index in [2.05, 4.69) is 37.0 Å². The lowest BCUT2D eigenvalue weighted by Crippen LogP contribution is -2.47. The molecule has 9 nitrogen and oxygen atoms in total. The molecule has 38 heavy (non-hydrogen) atoms. The fraction of sp³-hybridized carbons (Fsp3) is 0.241. The molecule has 194 valence electrons. The molecule has 1 fully saturated rings. The van der Waals surface area contributed by atoms with E-state index in [1.165, 1.54) is 6.08 Å². The number of hydrogen-bond donors (Lipinski definition) is 2. The van der Waals surface area contributed by atoms with Gasteiger partial charge in [-0.3, -0.25) is 9.69 Å². The summed E-state index contributed by atoms with van der Waals surface area (Å²) in [5.74, 6) is 1.20. The number of nitrogens with one attached hydrogen (secondary N) is 2. The molecule has 0 atom stereocenters. The number of anilines is 4. The number of piperazine rings is 1. The highest BCUT2D eigenvalue weighted by Crippen LogP contribution is 2.30. The lowest BCUT2D eigenvalue weighted by atomic mass is 10.0. The third kappa shape index (κ3) is 5.96. The summed E-state index contributed by atoms with van der Waals surface area (Å²) >= 11 is 0. The van der Waals surface area contributed by atoms with Crippen molar-refractivity contribution in [1.82, 2.24) is 19.9 Å². The summed E-state index contributed by atoms with van der Waals surface area (Å²) in [5, 5.41) is 7.02. The zero-order chi connectivity index (χ0) is 26.3. The average molecular weight is 510 g/mol. The van der Waals surface area contributed by atoms with Crippen LogP contribution in [-0.4, -0.2) is 72.2 Å². The van der Waals surface area contributed by atoms with Gasteiger partial charge in [0.05, 0.1) is 24.0 Å². The van der Waals surface area contributed by atoms with Crippen molar-refractivity contribution < 1.29 is 9.53 Å². The molecule has 2 aromatic heterocycles. The second-order valence-electron chi connectivity index (χ2n) is 9.06. The van der Waals surface area contributed by atoms with Gasteiger partial charge in [-0.1, -0.05) is 36.9 Å². The summed E-state index contributed by atoms with van der Waals surface area (Å²) in [7, 11) is 1.74. The molecule has 2 aromatic carbocycles. The standard InChI is InChI=1S/C29H31N7O2/c1-3-27(37)32-23-8-4-6-21(18-23)25-9-5-7-22-19-31-29(34-28(22)25)33-24-10-11-26(30-20-24)36-14-12-35(13-15-36)16-17-38-2/h3-11,18-20H,1,12-17H2,2H3,(H,32,37)(H,31,33,34). The molecule has 1 aliphatic rings. The predicted octanol–water partition coefficient (Wildman–Crippen LogP) is 4.33. The monoisotopic (exact) mass is 509 g/mol. The van der Waals surface area contributed by atoms with E-state index in [0.29, 0.717) is 11.6 Å². The number of aromatic nitrogens is 3. The Morgan fingerprint density at radius 3 is 2.63 bits per heavy atom. The van der Waals surface area contributed by atoms with E-state index in [0.717, 1.165) is 72.9 Å². The van der Waals surface area contributed by atoms with Gasteiger partial charge in [-0.2, -0.15) is 0 Å². The van der Waals surface area contributed by atoms with Gasteiger partial charge in [-0.15, -0.1) is 0 Å². The second-order valence-corrected chi connectivity index (χ2v) is 9.06. The minimum atomic E-state index is -0.252. The quantitative estimate of drug-likeness (QED) is 0.322. The largest absolute Gasteiger partial charge is 0.383 e. The molecular formula is C29H31N7O2. The maximum Gasteiger partial charge on any atom is 0.247 e. The van der Waals surface area contributed by atoms with Crippen LogP contribution in [0.1, 0.15) is 0 Å². The maximum atomic E-state index is 11.7. The highest BCUT2D eigenvalue weighted by atomic mass is 16.5. The van der Waals surface area contributed by atoms with Crippen molar-refractivity contribution in [3.63, 3.8) is 0 Å². The number of para-hydroxylation sites is 1. The Morgan fingerprint density at radius 2 is 1.87 bits per heavy atom. The SMILES string of the molecule is C=CC(=O)Nc1cccc(-c2cccc3cnc(Nc4ccc(N5CCN(CCOC)CC5)nc4)nc23)c1. The first-order valence-corrected chi connectivity index (χ1v) is 12.6. The Labute approximate surface area is 222 Å². The van der Waals surface area contributed by atoms with Crippen LogP contribution in [0.15, 0.2) is 79.6 Å². The number of rotatable bonds is 9. The first kappa shape index (κ1) is 25.3. The van der Waals surface area contributed by atoms with E-state index in [-0.39, 0.29) is 5.91 Å². The summed E-state index contributed by atoms with van der Waals surface area (Å²) in [5.41, 5.74) is 4.21. The molecule has 1 saturated heterocycles. The van der Waals surface area contributed by atoms with Crippen LogP contribution in [-0.2, 0) is 9.53 Å². The Balaban J connectivity index is 1.31. The molecule has 1 amide bonds. The molecule has 0 radical (unpaired) electrons. The Bertz CT molecular complexity index is 1420. The molecule has 5 rings (SSSR count). The smallest absolute Gasteiger partial charge is 0.247 e. The van der Waals surface area contributed by atoms with Crippen molar-refractivity contribution >= 4 is 40.0 Å². The van der Waals surface area contributed by atoms with Gasteiger partial charge in [0.15, 0.2) is 0 Å². The van der Waals surface area contributed by atoms with Crippen molar-refractivity contribution in [2.75, 3.05) is 62.0 Å². The molecule has 1 aliphatic heterocycles. The summed E-state index contributed by atoms with van der Waals surface area (Å²) in [6.45, 7) is 9.13. The van der Waals surface area contributed by atoms with Gasteiger partial charge >= 0.3 is 0 Å². The lowest BCUT2D eigenvalue weighted by molar-refractivity contribution is -0.111. The van der Waals surface area contributed by atoms with Gasteiger partial charge in [0.2, 0.25) is 11.9 Å². The molecule has 3 heterocycles. The molecular weight excluding hydrogens is 478 g/mol. The van der Waals surface area contributed by atoms with Crippen LogP contribution >= 0.6 is 0 Å². The maximum absolute atomic E-state index is 11.7. The van der Waals surface area contributed by atoms with E-state index in [1.807, 2.05) is 67.0 Å². The summed E-state index contributed by atoms with van der Waals surface area (Å²) < 4.78 is 5.19. The molecule has 0 spiro atoms.